The maximum Gasteiger partial charge on any atom is 0.224 e. The van der Waals surface area contributed by atoms with E-state index in [1.54, 1.807) is 20.3 Å². The van der Waals surface area contributed by atoms with Gasteiger partial charge < -0.3 is 20.0 Å². The van der Waals surface area contributed by atoms with Crippen LogP contribution in [0, 0.1) is 5.41 Å². The highest BCUT2D eigenvalue weighted by Crippen LogP contribution is 2.43. The van der Waals surface area contributed by atoms with Gasteiger partial charge in [0.1, 0.15) is 17.6 Å². The quantitative estimate of drug-likeness (QED) is 0.323. The lowest BCUT2D eigenvalue weighted by atomic mass is 9.74. The molecule has 0 aromatic heterocycles. The number of carbonyl (C=O) groups excluding carboxylic acids is 1. The van der Waals surface area contributed by atoms with Crippen LogP contribution in [0.3, 0.4) is 0 Å². The first-order valence-corrected chi connectivity index (χ1v) is 15.1. The van der Waals surface area contributed by atoms with Crippen molar-refractivity contribution >= 4 is 22.0 Å². The lowest BCUT2D eigenvalue weighted by molar-refractivity contribution is -0.115. The Balaban J connectivity index is 1.58. The van der Waals surface area contributed by atoms with Gasteiger partial charge in [0.15, 0.2) is 11.5 Å². The van der Waals surface area contributed by atoms with Gasteiger partial charge in [0.25, 0.3) is 0 Å². The molecule has 40 heavy (non-hydrogen) atoms. The zero-order valence-corrected chi connectivity index (χ0v) is 24.6. The second-order valence-corrected chi connectivity index (χ2v) is 12.6. The number of nitrogens with two attached hydrogens (primary N) is 1. The number of sulfonamides is 1. The van der Waals surface area contributed by atoms with Crippen LogP contribution in [0.25, 0.3) is 0 Å². The van der Waals surface area contributed by atoms with Gasteiger partial charge in [-0.3, -0.25) is 5.01 Å². The Bertz CT molecular complexity index is 1370. The molecule has 0 spiro atoms. The second kappa shape index (κ2) is 12.1. The fourth-order valence-electron chi connectivity index (χ4n) is 5.84. The highest BCUT2D eigenvalue weighted by Gasteiger charge is 2.49. The van der Waals surface area contributed by atoms with Crippen LogP contribution in [0.1, 0.15) is 55.1 Å². The summed E-state index contributed by atoms with van der Waals surface area (Å²) in [5, 5.41) is 6.07. The van der Waals surface area contributed by atoms with E-state index in [0.29, 0.717) is 56.0 Å². The van der Waals surface area contributed by atoms with Crippen molar-refractivity contribution < 1.29 is 22.7 Å². The summed E-state index contributed by atoms with van der Waals surface area (Å²) in [4.78, 5) is 12.5. The third-order valence-corrected chi connectivity index (χ3v) is 10.6. The van der Waals surface area contributed by atoms with E-state index in [4.69, 9.17) is 20.3 Å². The fourth-order valence-corrected chi connectivity index (χ4v) is 7.62. The highest BCUT2D eigenvalue weighted by molar-refractivity contribution is 7.89. The SMILES string of the molecule is C=CC(c1cccc(CN)c1)S(=O)(=O)N1CCC(N2N=C(c3ccc(OC)c(OC)c3)C(C)(CC)C2C=O)CC1. The Morgan fingerprint density at radius 3 is 2.42 bits per heavy atom. The number of nitrogens with zero attached hydrogens (tertiary/aromatic N) is 3. The first-order chi connectivity index (χ1) is 19.2. The molecule has 0 saturated carbocycles. The number of ether oxygens (including phenoxy) is 2. The van der Waals surface area contributed by atoms with Crippen molar-refractivity contribution in [3.8, 4) is 11.5 Å². The van der Waals surface area contributed by atoms with Gasteiger partial charge in [0, 0.05) is 30.6 Å². The van der Waals surface area contributed by atoms with E-state index in [2.05, 4.69) is 20.4 Å². The second-order valence-electron chi connectivity index (χ2n) is 10.5. The maximum atomic E-state index is 13.7. The largest absolute Gasteiger partial charge is 0.493 e. The van der Waals surface area contributed by atoms with E-state index < -0.39 is 26.7 Å². The lowest BCUT2D eigenvalue weighted by Gasteiger charge is -2.40. The molecular weight excluding hydrogens is 528 g/mol. The molecule has 1 fully saturated rings. The molecule has 0 amide bonds. The van der Waals surface area contributed by atoms with E-state index in [9.17, 15) is 13.2 Å². The van der Waals surface area contributed by atoms with Crippen LogP contribution in [0.5, 0.6) is 11.5 Å². The van der Waals surface area contributed by atoms with Crippen molar-refractivity contribution in [2.24, 2.45) is 16.3 Å². The van der Waals surface area contributed by atoms with Crippen LogP contribution < -0.4 is 15.2 Å². The summed E-state index contributed by atoms with van der Waals surface area (Å²) in [6, 6.07) is 12.4. The average molecular weight is 569 g/mol. The summed E-state index contributed by atoms with van der Waals surface area (Å²) < 4.78 is 39.8. The van der Waals surface area contributed by atoms with Crippen molar-refractivity contribution in [1.29, 1.82) is 0 Å². The van der Waals surface area contributed by atoms with Gasteiger partial charge in [-0.15, -0.1) is 6.58 Å². The van der Waals surface area contributed by atoms with Crippen molar-refractivity contribution in [3.63, 3.8) is 0 Å². The molecule has 0 bridgehead atoms. The van der Waals surface area contributed by atoms with Crippen molar-refractivity contribution in [1.82, 2.24) is 9.31 Å². The van der Waals surface area contributed by atoms with Crippen LogP contribution in [0.2, 0.25) is 0 Å². The van der Waals surface area contributed by atoms with Gasteiger partial charge in [-0.2, -0.15) is 5.10 Å². The van der Waals surface area contributed by atoms with E-state index in [1.807, 2.05) is 41.4 Å². The number of methoxy groups -OCH3 is 2. The lowest BCUT2D eigenvalue weighted by Crippen LogP contribution is -2.51. The summed E-state index contributed by atoms with van der Waals surface area (Å²) in [6.07, 6.45) is 4.27. The Morgan fingerprint density at radius 1 is 1.15 bits per heavy atom. The number of aldehydes is 1. The Labute approximate surface area is 237 Å². The molecule has 9 nitrogen and oxygen atoms in total. The minimum atomic E-state index is -3.69. The molecule has 2 aliphatic rings. The minimum absolute atomic E-state index is 0.0760. The van der Waals surface area contributed by atoms with Crippen LogP contribution in [-0.2, 0) is 21.4 Å². The molecule has 0 radical (unpaired) electrons. The van der Waals surface area contributed by atoms with E-state index in [-0.39, 0.29) is 6.04 Å². The van der Waals surface area contributed by atoms with Crippen molar-refractivity contribution in [2.45, 2.75) is 57.0 Å². The standard InChI is InChI=1S/C30H40N4O5S/c1-6-27(22-10-8-9-21(17-22)19-31)40(36,37)33-15-13-24(14-16-33)34-28(20-35)30(3,7-2)29(32-34)23-11-12-25(38-4)26(18-23)39-5/h6,8-12,17-18,20,24,27-28H,1,7,13-16,19,31H2,2-5H3. The molecule has 2 N–H and O–H groups in total. The van der Waals surface area contributed by atoms with Gasteiger partial charge in [-0.1, -0.05) is 44.2 Å². The van der Waals surface area contributed by atoms with Gasteiger partial charge in [-0.05, 0) is 48.6 Å². The van der Waals surface area contributed by atoms with E-state index >= 15 is 0 Å². The Hall–Kier alpha value is -3.21. The molecule has 10 heteroatoms. The number of hydrogen-bond donors (Lipinski definition) is 1. The van der Waals surface area contributed by atoms with Crippen LogP contribution >= 0.6 is 0 Å². The number of piperidine rings is 1. The zero-order chi connectivity index (χ0) is 29.1. The molecule has 2 aromatic rings. The first-order valence-electron chi connectivity index (χ1n) is 13.6. The Kier molecular flexibility index (Phi) is 9.02. The molecule has 2 aliphatic heterocycles. The normalized spacial score (nSPS) is 23.0. The molecule has 1 saturated heterocycles. The fraction of sp³-hybridized carbons (Fsp3) is 0.467. The van der Waals surface area contributed by atoms with Crippen LogP contribution in [0.15, 0.2) is 60.2 Å². The van der Waals surface area contributed by atoms with Crippen molar-refractivity contribution in [3.05, 3.63) is 71.8 Å². The predicted octanol–water partition coefficient (Wildman–Crippen LogP) is 3.89. The third kappa shape index (κ3) is 5.27. The molecule has 0 aliphatic carbocycles. The number of carbonyl (C=O) groups is 1. The molecule has 2 heterocycles. The number of hydrazone groups is 1. The molecule has 216 valence electrons. The smallest absolute Gasteiger partial charge is 0.224 e. The number of benzene rings is 2. The topological polar surface area (TPSA) is 115 Å². The zero-order valence-electron chi connectivity index (χ0n) is 23.7. The number of rotatable bonds is 11. The molecule has 4 rings (SSSR count). The maximum absolute atomic E-state index is 13.7. The molecule has 2 aromatic carbocycles. The predicted molar refractivity (Wildman–Crippen MR) is 157 cm³/mol. The molecule has 3 atom stereocenters. The van der Waals surface area contributed by atoms with Crippen LogP contribution in [-0.4, -0.2) is 69.1 Å². The van der Waals surface area contributed by atoms with E-state index in [1.165, 1.54) is 10.4 Å². The Morgan fingerprint density at radius 2 is 1.85 bits per heavy atom. The first kappa shape index (κ1) is 29.8. The molecular formula is C30H40N4O5S. The van der Waals surface area contributed by atoms with Gasteiger partial charge in [-0.25, -0.2) is 12.7 Å². The number of hydrogen-bond acceptors (Lipinski definition) is 8. The van der Waals surface area contributed by atoms with Gasteiger partial charge >= 0.3 is 0 Å². The summed E-state index contributed by atoms with van der Waals surface area (Å²) in [5.41, 5.74) is 8.46. The summed E-state index contributed by atoms with van der Waals surface area (Å²) in [6.45, 7) is 8.94. The van der Waals surface area contributed by atoms with Crippen LogP contribution in [0.4, 0.5) is 0 Å². The molecule has 3 unspecified atom stereocenters. The van der Waals surface area contributed by atoms with Crippen molar-refractivity contribution in [2.75, 3.05) is 27.3 Å². The summed E-state index contributed by atoms with van der Waals surface area (Å²) >= 11 is 0. The monoisotopic (exact) mass is 568 g/mol. The third-order valence-electron chi connectivity index (χ3n) is 8.42. The van der Waals surface area contributed by atoms with Gasteiger partial charge in [0.2, 0.25) is 10.0 Å². The summed E-state index contributed by atoms with van der Waals surface area (Å²) in [7, 11) is -0.511. The highest BCUT2D eigenvalue weighted by atomic mass is 32.2. The minimum Gasteiger partial charge on any atom is -0.493 e. The van der Waals surface area contributed by atoms with E-state index in [0.717, 1.165) is 23.1 Å². The van der Waals surface area contributed by atoms with Gasteiger partial charge in [0.05, 0.1) is 26.0 Å². The average Bonchev–Trinajstić information content (AvgIpc) is 3.29. The summed E-state index contributed by atoms with van der Waals surface area (Å²) in [5.74, 6) is 1.21.